The molecule has 172 valence electrons. The molecule has 3 aliphatic rings. The molecule has 9 heteroatoms. The molecule has 0 atom stereocenters. The van der Waals surface area contributed by atoms with E-state index in [9.17, 15) is 4.79 Å². The lowest BCUT2D eigenvalue weighted by Gasteiger charge is -2.25. The predicted molar refractivity (Wildman–Crippen MR) is 128 cm³/mol. The minimum atomic E-state index is -0.0470. The Morgan fingerprint density at radius 3 is 2.82 bits per heavy atom. The predicted octanol–water partition coefficient (Wildman–Crippen LogP) is 2.82. The average Bonchev–Trinajstić information content (AvgIpc) is 3.62. The number of nitrogens with zero attached hydrogens (tertiary/aromatic N) is 5. The van der Waals surface area contributed by atoms with Gasteiger partial charge in [-0.1, -0.05) is 6.07 Å². The van der Waals surface area contributed by atoms with Gasteiger partial charge in [0.05, 0.1) is 30.6 Å². The molecule has 3 aromatic heterocycles. The smallest absolute Gasteiger partial charge is 0.278 e. The summed E-state index contributed by atoms with van der Waals surface area (Å²) in [4.78, 5) is 27.2. The van der Waals surface area contributed by atoms with E-state index in [2.05, 4.69) is 44.9 Å². The molecule has 5 heterocycles. The van der Waals surface area contributed by atoms with Gasteiger partial charge in [-0.15, -0.1) is 0 Å². The van der Waals surface area contributed by atoms with Crippen molar-refractivity contribution in [3.63, 3.8) is 0 Å². The Morgan fingerprint density at radius 1 is 1.09 bits per heavy atom. The molecule has 0 spiro atoms. The number of ether oxygens (including phenoxy) is 1. The van der Waals surface area contributed by atoms with Crippen LogP contribution in [0.15, 0.2) is 47.5 Å². The third kappa shape index (κ3) is 3.31. The highest BCUT2D eigenvalue weighted by Crippen LogP contribution is 2.36. The Kier molecular flexibility index (Phi) is 4.53. The van der Waals surface area contributed by atoms with Crippen molar-refractivity contribution < 1.29 is 4.74 Å². The van der Waals surface area contributed by atoms with E-state index in [1.807, 2.05) is 15.4 Å². The molecular weight excluding hydrogens is 430 g/mol. The van der Waals surface area contributed by atoms with Crippen molar-refractivity contribution >= 4 is 22.7 Å². The van der Waals surface area contributed by atoms with Crippen LogP contribution in [0.25, 0.3) is 16.7 Å². The largest absolute Gasteiger partial charge is 0.380 e. The van der Waals surface area contributed by atoms with E-state index >= 15 is 0 Å². The Balaban J connectivity index is 1.32. The van der Waals surface area contributed by atoms with Gasteiger partial charge < -0.3 is 15.4 Å². The highest BCUT2D eigenvalue weighted by Gasteiger charge is 2.31. The van der Waals surface area contributed by atoms with E-state index in [1.165, 1.54) is 11.1 Å². The molecule has 4 aromatic rings. The number of pyridine rings is 1. The molecule has 34 heavy (non-hydrogen) atoms. The fourth-order valence-corrected chi connectivity index (χ4v) is 4.84. The summed E-state index contributed by atoms with van der Waals surface area (Å²) >= 11 is 0. The van der Waals surface area contributed by atoms with Crippen LogP contribution in [0.5, 0.6) is 0 Å². The van der Waals surface area contributed by atoms with Crippen LogP contribution < -0.4 is 16.2 Å². The van der Waals surface area contributed by atoms with Crippen molar-refractivity contribution in [1.82, 2.24) is 29.6 Å². The highest BCUT2D eigenvalue weighted by atomic mass is 16.5. The summed E-state index contributed by atoms with van der Waals surface area (Å²) in [6, 6.07) is 10.6. The summed E-state index contributed by atoms with van der Waals surface area (Å²) in [5.41, 5.74) is 6.04. The maximum Gasteiger partial charge on any atom is 0.278 e. The van der Waals surface area contributed by atoms with Crippen LogP contribution in [0.1, 0.15) is 41.6 Å². The number of fused-ring (bicyclic) bond motifs is 2. The minimum Gasteiger partial charge on any atom is -0.380 e. The Hall–Kier alpha value is -3.56. The summed E-state index contributed by atoms with van der Waals surface area (Å²) in [5.74, 6) is 0.771. The number of aromatic nitrogens is 5. The first-order chi connectivity index (χ1) is 16.7. The number of hydrogen-bond donors (Lipinski definition) is 2. The Bertz CT molecular complexity index is 1470. The molecule has 2 aliphatic heterocycles. The van der Waals surface area contributed by atoms with Crippen LogP contribution in [-0.4, -0.2) is 44.1 Å². The third-order valence-corrected chi connectivity index (χ3v) is 6.93. The van der Waals surface area contributed by atoms with Crippen molar-refractivity contribution in [1.29, 1.82) is 0 Å². The monoisotopic (exact) mass is 455 g/mol. The summed E-state index contributed by atoms with van der Waals surface area (Å²) in [7, 11) is 0. The van der Waals surface area contributed by atoms with Crippen LogP contribution >= 0.6 is 0 Å². The maximum atomic E-state index is 13.3. The number of hydrogen-bond acceptors (Lipinski definition) is 7. The molecule has 1 saturated heterocycles. The molecule has 1 aliphatic carbocycles. The fraction of sp³-hybridized carbons (Fsp3) is 0.360. The van der Waals surface area contributed by atoms with Crippen molar-refractivity contribution in [2.45, 2.75) is 37.8 Å². The second-order valence-corrected chi connectivity index (χ2v) is 9.33. The van der Waals surface area contributed by atoms with Gasteiger partial charge in [0, 0.05) is 30.5 Å². The van der Waals surface area contributed by atoms with Crippen molar-refractivity contribution in [3.8, 4) is 5.69 Å². The number of nitrogens with one attached hydrogen (secondary N) is 2. The molecular formula is C25H25N7O2. The van der Waals surface area contributed by atoms with Gasteiger partial charge >= 0.3 is 0 Å². The molecule has 0 amide bonds. The third-order valence-electron chi connectivity index (χ3n) is 6.93. The summed E-state index contributed by atoms with van der Waals surface area (Å²) < 4.78 is 9.14. The zero-order valence-electron chi connectivity index (χ0n) is 18.7. The number of anilines is 2. The van der Waals surface area contributed by atoms with E-state index < -0.39 is 0 Å². The van der Waals surface area contributed by atoms with E-state index in [-0.39, 0.29) is 11.6 Å². The lowest BCUT2D eigenvalue weighted by atomic mass is 10.0. The van der Waals surface area contributed by atoms with E-state index in [0.717, 1.165) is 49.4 Å². The lowest BCUT2D eigenvalue weighted by Crippen LogP contribution is -2.26. The lowest BCUT2D eigenvalue weighted by molar-refractivity contribution is 0.00671. The van der Waals surface area contributed by atoms with Crippen molar-refractivity contribution in [3.05, 3.63) is 69.9 Å². The minimum absolute atomic E-state index is 0.0470. The highest BCUT2D eigenvalue weighted by molar-refractivity contribution is 5.77. The Labute approximate surface area is 195 Å². The first-order valence-corrected chi connectivity index (χ1v) is 11.9. The molecule has 0 unspecified atom stereocenters. The van der Waals surface area contributed by atoms with Gasteiger partial charge in [0.25, 0.3) is 5.56 Å². The molecule has 2 fully saturated rings. The van der Waals surface area contributed by atoms with Gasteiger partial charge in [0.15, 0.2) is 5.65 Å². The normalized spacial score (nSPS) is 18.0. The zero-order valence-corrected chi connectivity index (χ0v) is 18.7. The summed E-state index contributed by atoms with van der Waals surface area (Å²) in [6.07, 6.45) is 6.47. The molecule has 1 aromatic carbocycles. The maximum absolute atomic E-state index is 13.3. The zero-order chi connectivity index (χ0) is 22.6. The van der Waals surface area contributed by atoms with Crippen molar-refractivity contribution in [2.75, 3.05) is 25.1 Å². The van der Waals surface area contributed by atoms with Gasteiger partial charge in [-0.25, -0.2) is 14.3 Å². The van der Waals surface area contributed by atoms with Crippen LogP contribution in [0.3, 0.4) is 0 Å². The van der Waals surface area contributed by atoms with Gasteiger partial charge in [-0.3, -0.25) is 9.78 Å². The average molecular weight is 456 g/mol. The molecule has 0 bridgehead atoms. The fourth-order valence-electron chi connectivity index (χ4n) is 4.84. The Morgan fingerprint density at radius 2 is 2.00 bits per heavy atom. The summed E-state index contributed by atoms with van der Waals surface area (Å²) in [6.45, 7) is 3.25. The number of benzene rings is 1. The van der Waals surface area contributed by atoms with Gasteiger partial charge in [0.1, 0.15) is 5.39 Å². The second-order valence-electron chi connectivity index (χ2n) is 9.33. The molecule has 7 rings (SSSR count). The first kappa shape index (κ1) is 19.9. The topological polar surface area (TPSA) is 98.9 Å². The van der Waals surface area contributed by atoms with Gasteiger partial charge in [0.2, 0.25) is 5.95 Å². The van der Waals surface area contributed by atoms with Gasteiger partial charge in [-0.2, -0.15) is 4.98 Å². The molecule has 2 N–H and O–H groups in total. The van der Waals surface area contributed by atoms with Crippen LogP contribution in [0.2, 0.25) is 0 Å². The van der Waals surface area contributed by atoms with E-state index in [1.54, 1.807) is 12.4 Å². The molecule has 9 nitrogen and oxygen atoms in total. The summed E-state index contributed by atoms with van der Waals surface area (Å²) in [5, 5.41) is 7.28. The van der Waals surface area contributed by atoms with Crippen LogP contribution in [0, 0.1) is 0 Å². The van der Waals surface area contributed by atoms with Crippen molar-refractivity contribution in [2.24, 2.45) is 0 Å². The SMILES string of the molecule is O=c1c2cnc(Nc3ccc4c(c3)CNCC4)nc2n(-c2ccnc(C3COC3)c2)n1C1CC1. The van der Waals surface area contributed by atoms with E-state index in [0.29, 0.717) is 36.1 Å². The standard InChI is InChI=1S/C25H25N7O2/c33-24-21-12-28-25(29-18-2-1-15-5-7-26-11-16(15)9-18)30-23(21)31(32(24)19-3-4-19)20-6-8-27-22(10-20)17-13-34-14-17/h1-2,6,8-10,12,17,19,26H,3-5,7,11,13-14H2,(H,28,29,30). The quantitative estimate of drug-likeness (QED) is 0.477. The molecule has 0 radical (unpaired) electrons. The second kappa shape index (κ2) is 7.75. The van der Waals surface area contributed by atoms with Crippen LogP contribution in [0.4, 0.5) is 11.6 Å². The number of rotatable bonds is 5. The molecule has 1 saturated carbocycles. The van der Waals surface area contributed by atoms with Gasteiger partial charge in [-0.05, 0) is 61.2 Å². The first-order valence-electron chi connectivity index (χ1n) is 11.9. The van der Waals surface area contributed by atoms with E-state index in [4.69, 9.17) is 9.72 Å². The van der Waals surface area contributed by atoms with Crippen LogP contribution in [-0.2, 0) is 17.7 Å².